The number of ether oxygens (including phenoxy) is 1. The fraction of sp³-hybridized carbons (Fsp3) is 0.381. The van der Waals surface area contributed by atoms with Crippen LogP contribution in [0.5, 0.6) is 5.88 Å². The minimum absolute atomic E-state index is 0.0766. The number of hydrogen-bond acceptors (Lipinski definition) is 6. The van der Waals surface area contributed by atoms with E-state index in [1.807, 2.05) is 0 Å². The molecule has 0 aliphatic heterocycles. The first-order valence-corrected chi connectivity index (χ1v) is 10.0. The fourth-order valence-corrected chi connectivity index (χ4v) is 3.80. The Morgan fingerprint density at radius 3 is 2.62 bits per heavy atom. The number of hydrogen-bond donors (Lipinski definition) is 1. The van der Waals surface area contributed by atoms with Gasteiger partial charge in [-0.05, 0) is 43.9 Å². The van der Waals surface area contributed by atoms with Gasteiger partial charge in [-0.3, -0.25) is 9.48 Å². The molecule has 1 N–H and O–H groups in total. The molecule has 1 aliphatic rings. The van der Waals surface area contributed by atoms with Crippen molar-refractivity contribution >= 4 is 28.9 Å². The second-order valence-corrected chi connectivity index (χ2v) is 7.63. The van der Waals surface area contributed by atoms with Crippen LogP contribution in [-0.4, -0.2) is 39.1 Å². The molecule has 0 saturated heterocycles. The maximum absolute atomic E-state index is 12.9. The first-order valence-electron chi connectivity index (χ1n) is 10.0. The van der Waals surface area contributed by atoms with Gasteiger partial charge in [-0.1, -0.05) is 6.07 Å². The standard InChI is InChI=1S/C21H20F3N5O3/c1-32-20-16(26-19(31)15-3-2-4-17(25-15)21(22,23)24)9-13-10-29(28-18(13)27-20)14-7-5-12(11-30)6-8-14/h2-4,9-12,14H,5-8H2,1H3,(H,26,31)/t12-,14-. The maximum Gasteiger partial charge on any atom is 0.433 e. The van der Waals surface area contributed by atoms with Crippen molar-refractivity contribution in [1.29, 1.82) is 0 Å². The number of nitrogens with one attached hydrogen (secondary N) is 1. The van der Waals surface area contributed by atoms with E-state index < -0.39 is 17.8 Å². The largest absolute Gasteiger partial charge is 0.479 e. The van der Waals surface area contributed by atoms with Crippen molar-refractivity contribution in [3.8, 4) is 5.88 Å². The summed E-state index contributed by atoms with van der Waals surface area (Å²) in [5.74, 6) is -0.663. The zero-order chi connectivity index (χ0) is 22.9. The van der Waals surface area contributed by atoms with Crippen molar-refractivity contribution in [2.75, 3.05) is 12.4 Å². The van der Waals surface area contributed by atoms with Crippen LogP contribution >= 0.6 is 0 Å². The maximum atomic E-state index is 12.9. The summed E-state index contributed by atoms with van der Waals surface area (Å²) in [6, 6.07) is 4.84. The third kappa shape index (κ3) is 4.41. The lowest BCUT2D eigenvalue weighted by atomic mass is 9.87. The summed E-state index contributed by atoms with van der Waals surface area (Å²) < 4.78 is 45.7. The Balaban J connectivity index is 1.59. The monoisotopic (exact) mass is 447 g/mol. The van der Waals surface area contributed by atoms with E-state index in [0.29, 0.717) is 11.0 Å². The molecule has 3 aromatic heterocycles. The van der Waals surface area contributed by atoms with Gasteiger partial charge in [0.05, 0.1) is 13.2 Å². The lowest BCUT2D eigenvalue weighted by Crippen LogP contribution is -2.19. The van der Waals surface area contributed by atoms with Gasteiger partial charge < -0.3 is 14.8 Å². The van der Waals surface area contributed by atoms with E-state index in [1.54, 1.807) is 16.9 Å². The molecule has 0 unspecified atom stereocenters. The summed E-state index contributed by atoms with van der Waals surface area (Å²) in [5.41, 5.74) is -0.941. The zero-order valence-corrected chi connectivity index (χ0v) is 17.1. The number of aldehydes is 1. The summed E-state index contributed by atoms with van der Waals surface area (Å²) in [6.45, 7) is 0. The fourth-order valence-electron chi connectivity index (χ4n) is 3.80. The topological polar surface area (TPSA) is 99.0 Å². The average molecular weight is 447 g/mol. The van der Waals surface area contributed by atoms with Crippen molar-refractivity contribution in [3.63, 3.8) is 0 Å². The van der Waals surface area contributed by atoms with Crippen LogP contribution in [-0.2, 0) is 11.0 Å². The Kier molecular flexibility index (Phi) is 5.81. The number of carbonyl (C=O) groups excluding carboxylic acids is 2. The van der Waals surface area contributed by atoms with Crippen LogP contribution in [0.4, 0.5) is 18.9 Å². The predicted octanol–water partition coefficient (Wildman–Crippen LogP) is 4.04. The number of anilines is 1. The predicted molar refractivity (Wildman–Crippen MR) is 108 cm³/mol. The molecule has 32 heavy (non-hydrogen) atoms. The number of halogens is 3. The zero-order valence-electron chi connectivity index (χ0n) is 17.1. The number of nitrogens with zero attached hydrogens (tertiary/aromatic N) is 4. The number of aromatic nitrogens is 4. The lowest BCUT2D eigenvalue weighted by Gasteiger charge is -2.25. The Morgan fingerprint density at radius 2 is 1.97 bits per heavy atom. The highest BCUT2D eigenvalue weighted by Gasteiger charge is 2.33. The number of fused-ring (bicyclic) bond motifs is 1. The molecule has 4 rings (SSSR count). The highest BCUT2D eigenvalue weighted by atomic mass is 19.4. The van der Waals surface area contributed by atoms with E-state index in [1.165, 1.54) is 13.2 Å². The normalized spacial score (nSPS) is 19.0. The van der Waals surface area contributed by atoms with Gasteiger partial charge in [0.1, 0.15) is 23.4 Å². The third-order valence-electron chi connectivity index (χ3n) is 5.50. The molecule has 0 atom stereocenters. The van der Waals surface area contributed by atoms with Crippen LogP contribution in [0.2, 0.25) is 0 Å². The minimum Gasteiger partial charge on any atom is -0.479 e. The second-order valence-electron chi connectivity index (χ2n) is 7.63. The molecule has 1 amide bonds. The molecular weight excluding hydrogens is 427 g/mol. The first kappa shape index (κ1) is 21.7. The molecule has 0 radical (unpaired) electrons. The smallest absolute Gasteiger partial charge is 0.433 e. The van der Waals surface area contributed by atoms with Gasteiger partial charge in [-0.2, -0.15) is 23.3 Å². The lowest BCUT2D eigenvalue weighted by molar-refractivity contribution is -0.141. The van der Waals surface area contributed by atoms with Crippen molar-refractivity contribution < 1.29 is 27.5 Å². The van der Waals surface area contributed by atoms with Crippen molar-refractivity contribution in [3.05, 3.63) is 41.9 Å². The summed E-state index contributed by atoms with van der Waals surface area (Å²) >= 11 is 0. The molecule has 0 bridgehead atoms. The molecule has 0 spiro atoms. The number of alkyl halides is 3. The van der Waals surface area contributed by atoms with Crippen LogP contribution in [0.25, 0.3) is 11.0 Å². The molecular formula is C21H20F3N5O3. The van der Waals surface area contributed by atoms with E-state index in [0.717, 1.165) is 44.1 Å². The molecule has 1 fully saturated rings. The molecule has 8 nitrogen and oxygen atoms in total. The summed E-state index contributed by atoms with van der Waals surface area (Å²) in [7, 11) is 1.37. The number of carbonyl (C=O) groups is 2. The quantitative estimate of drug-likeness (QED) is 0.593. The van der Waals surface area contributed by atoms with E-state index in [4.69, 9.17) is 4.74 Å². The SMILES string of the molecule is COc1nc2nn([C@H]3CC[C@H](C=O)CC3)cc2cc1NC(=O)c1cccc(C(F)(F)F)n1. The third-order valence-corrected chi connectivity index (χ3v) is 5.50. The second kappa shape index (κ2) is 8.56. The Hall–Kier alpha value is -3.50. The van der Waals surface area contributed by atoms with Crippen LogP contribution in [0, 0.1) is 5.92 Å². The van der Waals surface area contributed by atoms with Gasteiger partial charge in [-0.25, -0.2) is 4.98 Å². The van der Waals surface area contributed by atoms with Crippen molar-refractivity contribution in [2.45, 2.75) is 37.9 Å². The molecule has 3 aromatic rings. The van der Waals surface area contributed by atoms with Crippen molar-refractivity contribution in [2.24, 2.45) is 5.92 Å². The number of methoxy groups -OCH3 is 1. The van der Waals surface area contributed by atoms with Gasteiger partial charge in [0.25, 0.3) is 5.91 Å². The highest BCUT2D eigenvalue weighted by molar-refractivity contribution is 6.04. The van der Waals surface area contributed by atoms with Gasteiger partial charge >= 0.3 is 6.18 Å². The van der Waals surface area contributed by atoms with Crippen LogP contribution in [0.3, 0.4) is 0 Å². The summed E-state index contributed by atoms with van der Waals surface area (Å²) in [6.07, 6.45) is 1.37. The van der Waals surface area contributed by atoms with Gasteiger partial charge in [0, 0.05) is 17.5 Å². The Bertz CT molecular complexity index is 1150. The first-order chi connectivity index (χ1) is 15.3. The number of rotatable bonds is 5. The molecule has 0 aromatic carbocycles. The molecule has 11 heteroatoms. The summed E-state index contributed by atoms with van der Waals surface area (Å²) in [5, 5.41) is 7.65. The van der Waals surface area contributed by atoms with Gasteiger partial charge in [0.2, 0.25) is 5.88 Å². The number of amides is 1. The highest BCUT2D eigenvalue weighted by Crippen LogP contribution is 2.33. The molecule has 1 aliphatic carbocycles. The van der Waals surface area contributed by atoms with Crippen LogP contribution < -0.4 is 10.1 Å². The molecule has 1 saturated carbocycles. The van der Waals surface area contributed by atoms with Gasteiger partial charge in [-0.15, -0.1) is 0 Å². The van der Waals surface area contributed by atoms with E-state index in [-0.39, 0.29) is 29.2 Å². The number of pyridine rings is 2. The average Bonchev–Trinajstić information content (AvgIpc) is 3.21. The van der Waals surface area contributed by atoms with E-state index >= 15 is 0 Å². The van der Waals surface area contributed by atoms with E-state index in [2.05, 4.69) is 20.4 Å². The van der Waals surface area contributed by atoms with Crippen LogP contribution in [0.1, 0.15) is 47.9 Å². The Morgan fingerprint density at radius 1 is 1.22 bits per heavy atom. The van der Waals surface area contributed by atoms with Crippen LogP contribution in [0.15, 0.2) is 30.5 Å². The Labute approximate surface area is 180 Å². The molecule has 168 valence electrons. The minimum atomic E-state index is -4.66. The molecule has 3 heterocycles. The van der Waals surface area contributed by atoms with E-state index in [9.17, 15) is 22.8 Å². The van der Waals surface area contributed by atoms with Gasteiger partial charge in [0.15, 0.2) is 5.65 Å². The van der Waals surface area contributed by atoms with Crippen molar-refractivity contribution in [1.82, 2.24) is 19.7 Å². The summed E-state index contributed by atoms with van der Waals surface area (Å²) in [4.78, 5) is 31.2.